The Morgan fingerprint density at radius 2 is 2.00 bits per heavy atom. The average Bonchev–Trinajstić information content (AvgIpc) is 2.71. The lowest BCUT2D eigenvalue weighted by molar-refractivity contribution is 0.487. The van der Waals surface area contributed by atoms with Gasteiger partial charge in [-0.2, -0.15) is 0 Å². The van der Waals surface area contributed by atoms with Crippen molar-refractivity contribution in [3.63, 3.8) is 0 Å². The van der Waals surface area contributed by atoms with Crippen molar-refractivity contribution < 1.29 is 0 Å². The third-order valence-electron chi connectivity index (χ3n) is 3.13. The van der Waals surface area contributed by atoms with Crippen LogP contribution in [0.15, 0.2) is 30.3 Å². The van der Waals surface area contributed by atoms with Gasteiger partial charge in [0.15, 0.2) is 0 Å². The van der Waals surface area contributed by atoms with Crippen LogP contribution in [0.1, 0.15) is 24.8 Å². The Labute approximate surface area is 92.3 Å². The molecule has 2 heteroatoms. The highest BCUT2D eigenvalue weighted by Gasteiger charge is 2.21. The second kappa shape index (κ2) is 5.38. The Balaban J connectivity index is 0.000000980. The zero-order valence-electron chi connectivity index (χ0n) is 8.57. The van der Waals surface area contributed by atoms with Gasteiger partial charge in [-0.15, -0.1) is 12.4 Å². The number of rotatable bonds is 2. The summed E-state index contributed by atoms with van der Waals surface area (Å²) in [4.78, 5) is 0. The molecule has 0 bridgehead atoms. The molecule has 0 saturated carbocycles. The molecule has 1 aliphatic heterocycles. The van der Waals surface area contributed by atoms with Crippen LogP contribution in [0.2, 0.25) is 0 Å². The van der Waals surface area contributed by atoms with E-state index < -0.39 is 0 Å². The van der Waals surface area contributed by atoms with Gasteiger partial charge < -0.3 is 5.32 Å². The molecule has 0 spiro atoms. The van der Waals surface area contributed by atoms with Crippen LogP contribution in [0.25, 0.3) is 0 Å². The number of nitrogens with one attached hydrogen (secondary N) is 1. The molecule has 1 N–H and O–H groups in total. The summed E-state index contributed by atoms with van der Waals surface area (Å²) in [6.07, 6.45) is 1.33. The van der Waals surface area contributed by atoms with Crippen LogP contribution in [0.5, 0.6) is 0 Å². The van der Waals surface area contributed by atoms with E-state index in [1.54, 1.807) is 0 Å². The number of halogens is 1. The van der Waals surface area contributed by atoms with Crippen molar-refractivity contribution in [1.29, 1.82) is 0 Å². The van der Waals surface area contributed by atoms with Gasteiger partial charge in [0, 0.05) is 0 Å². The molecule has 1 saturated heterocycles. The van der Waals surface area contributed by atoms with Gasteiger partial charge in [-0.25, -0.2) is 0 Å². The minimum atomic E-state index is 0. The van der Waals surface area contributed by atoms with Crippen molar-refractivity contribution in [3.8, 4) is 0 Å². The molecule has 0 aromatic heterocycles. The summed E-state index contributed by atoms with van der Waals surface area (Å²) >= 11 is 0. The average molecular weight is 212 g/mol. The van der Waals surface area contributed by atoms with Crippen LogP contribution in [0, 0.1) is 5.92 Å². The molecule has 1 aliphatic rings. The zero-order valence-corrected chi connectivity index (χ0v) is 9.39. The molecule has 0 radical (unpaired) electrons. The normalized spacial score (nSPS) is 22.8. The highest BCUT2D eigenvalue weighted by molar-refractivity contribution is 5.85. The van der Waals surface area contributed by atoms with Crippen molar-refractivity contribution >= 4 is 12.4 Å². The summed E-state index contributed by atoms with van der Waals surface area (Å²) < 4.78 is 0. The Bertz CT molecular complexity index is 254. The standard InChI is InChI=1S/C12H17N.ClH/c1-10(12-7-8-13-9-12)11-5-3-2-4-6-11;/h2-6,10,12-13H,7-9H2,1H3;1H. The van der Waals surface area contributed by atoms with Gasteiger partial charge in [0.25, 0.3) is 0 Å². The van der Waals surface area contributed by atoms with Crippen molar-refractivity contribution in [1.82, 2.24) is 5.32 Å². The summed E-state index contributed by atoms with van der Waals surface area (Å²) in [5.41, 5.74) is 1.48. The van der Waals surface area contributed by atoms with E-state index >= 15 is 0 Å². The van der Waals surface area contributed by atoms with Crippen molar-refractivity contribution in [2.45, 2.75) is 19.3 Å². The lowest BCUT2D eigenvalue weighted by Gasteiger charge is -2.18. The fourth-order valence-electron chi connectivity index (χ4n) is 2.13. The van der Waals surface area contributed by atoms with Crippen LogP contribution in [-0.2, 0) is 0 Å². The van der Waals surface area contributed by atoms with Crippen LogP contribution in [0.4, 0.5) is 0 Å². The summed E-state index contributed by atoms with van der Waals surface area (Å²) in [6.45, 7) is 4.73. The van der Waals surface area contributed by atoms with E-state index in [4.69, 9.17) is 0 Å². The molecule has 1 fully saturated rings. The van der Waals surface area contributed by atoms with Gasteiger partial charge in [-0.05, 0) is 36.9 Å². The molecule has 2 rings (SSSR count). The molecule has 1 heterocycles. The fraction of sp³-hybridized carbons (Fsp3) is 0.500. The van der Waals surface area contributed by atoms with Gasteiger partial charge in [0.1, 0.15) is 0 Å². The molecular formula is C12H18ClN. The predicted octanol–water partition coefficient (Wildman–Crippen LogP) is 2.82. The van der Waals surface area contributed by atoms with Gasteiger partial charge >= 0.3 is 0 Å². The smallest absolute Gasteiger partial charge is 0.00143 e. The van der Waals surface area contributed by atoms with Crippen LogP contribution in [-0.4, -0.2) is 13.1 Å². The molecule has 0 amide bonds. The van der Waals surface area contributed by atoms with Crippen LogP contribution >= 0.6 is 12.4 Å². The Hall–Kier alpha value is -0.530. The first-order valence-corrected chi connectivity index (χ1v) is 5.13. The van der Waals surface area contributed by atoms with Gasteiger partial charge in [0.05, 0.1) is 0 Å². The van der Waals surface area contributed by atoms with Crippen molar-refractivity contribution in [3.05, 3.63) is 35.9 Å². The van der Waals surface area contributed by atoms with E-state index in [1.165, 1.54) is 25.1 Å². The minimum absolute atomic E-state index is 0. The third-order valence-corrected chi connectivity index (χ3v) is 3.13. The largest absolute Gasteiger partial charge is 0.316 e. The number of hydrogen-bond donors (Lipinski definition) is 1. The SMILES string of the molecule is CC(c1ccccc1)C1CCNC1.Cl. The maximum absolute atomic E-state index is 3.42. The molecule has 2 unspecified atom stereocenters. The summed E-state index contributed by atoms with van der Waals surface area (Å²) in [5.74, 6) is 1.54. The fourth-order valence-corrected chi connectivity index (χ4v) is 2.13. The maximum atomic E-state index is 3.42. The second-order valence-electron chi connectivity index (χ2n) is 3.95. The molecule has 1 aromatic carbocycles. The summed E-state index contributed by atoms with van der Waals surface area (Å²) in [7, 11) is 0. The van der Waals surface area contributed by atoms with Gasteiger partial charge in [-0.3, -0.25) is 0 Å². The first-order valence-electron chi connectivity index (χ1n) is 5.13. The Morgan fingerprint density at radius 3 is 2.57 bits per heavy atom. The molecule has 1 nitrogen and oxygen atoms in total. The quantitative estimate of drug-likeness (QED) is 0.794. The molecule has 2 atom stereocenters. The van der Waals surface area contributed by atoms with Crippen molar-refractivity contribution in [2.75, 3.05) is 13.1 Å². The topological polar surface area (TPSA) is 12.0 Å². The van der Waals surface area contributed by atoms with Crippen LogP contribution < -0.4 is 5.32 Å². The number of benzene rings is 1. The van der Waals surface area contributed by atoms with E-state index in [2.05, 4.69) is 42.6 Å². The lowest BCUT2D eigenvalue weighted by atomic mass is 9.87. The van der Waals surface area contributed by atoms with E-state index in [0.717, 1.165) is 5.92 Å². The third kappa shape index (κ3) is 2.49. The van der Waals surface area contributed by atoms with Crippen LogP contribution in [0.3, 0.4) is 0 Å². The Morgan fingerprint density at radius 1 is 1.29 bits per heavy atom. The number of hydrogen-bond acceptors (Lipinski definition) is 1. The first kappa shape index (κ1) is 11.5. The van der Waals surface area contributed by atoms with E-state index in [9.17, 15) is 0 Å². The van der Waals surface area contributed by atoms with E-state index in [-0.39, 0.29) is 12.4 Å². The molecule has 1 aromatic rings. The monoisotopic (exact) mass is 211 g/mol. The Kier molecular flexibility index (Phi) is 4.43. The first-order chi connectivity index (χ1) is 6.38. The minimum Gasteiger partial charge on any atom is -0.316 e. The molecule has 78 valence electrons. The van der Waals surface area contributed by atoms with Gasteiger partial charge in [0.2, 0.25) is 0 Å². The predicted molar refractivity (Wildman–Crippen MR) is 63.1 cm³/mol. The highest BCUT2D eigenvalue weighted by atomic mass is 35.5. The van der Waals surface area contributed by atoms with E-state index in [1.807, 2.05) is 0 Å². The van der Waals surface area contributed by atoms with Gasteiger partial charge in [-0.1, -0.05) is 37.3 Å². The molecular weight excluding hydrogens is 194 g/mol. The lowest BCUT2D eigenvalue weighted by Crippen LogP contribution is -2.14. The van der Waals surface area contributed by atoms with Crippen molar-refractivity contribution in [2.24, 2.45) is 5.92 Å². The second-order valence-corrected chi connectivity index (χ2v) is 3.95. The maximum Gasteiger partial charge on any atom is -0.00143 e. The molecule has 0 aliphatic carbocycles. The summed E-state index contributed by atoms with van der Waals surface area (Å²) in [6, 6.07) is 10.8. The van der Waals surface area contributed by atoms with E-state index in [0.29, 0.717) is 5.92 Å². The zero-order chi connectivity index (χ0) is 9.10. The molecule has 14 heavy (non-hydrogen) atoms. The highest BCUT2D eigenvalue weighted by Crippen LogP contribution is 2.27. The summed E-state index contributed by atoms with van der Waals surface area (Å²) in [5, 5.41) is 3.42.